The van der Waals surface area contributed by atoms with Gasteiger partial charge in [-0.25, -0.2) is 0 Å². The van der Waals surface area contributed by atoms with Crippen LogP contribution in [0, 0.1) is 11.3 Å². The lowest BCUT2D eigenvalue weighted by Crippen LogP contribution is -2.51. The smallest absolute Gasteiger partial charge is 0.359 e. The summed E-state index contributed by atoms with van der Waals surface area (Å²) in [6, 6.07) is 14.0. The number of hydrogen-bond donors (Lipinski definition) is 0. The normalized spacial score (nSPS) is 19.5. The molecule has 0 radical (unpaired) electrons. The predicted octanol–water partition coefficient (Wildman–Crippen LogP) is 4.42. The van der Waals surface area contributed by atoms with Crippen molar-refractivity contribution in [3.63, 3.8) is 0 Å². The fourth-order valence-corrected chi connectivity index (χ4v) is 3.75. The van der Waals surface area contributed by atoms with Crippen molar-refractivity contribution in [1.29, 1.82) is 5.26 Å². The minimum absolute atomic E-state index is 0.0131. The second kappa shape index (κ2) is 8.16. The summed E-state index contributed by atoms with van der Waals surface area (Å²) in [4.78, 5) is 16.3. The highest BCUT2D eigenvalue weighted by Crippen LogP contribution is 2.36. The van der Waals surface area contributed by atoms with E-state index in [1.165, 1.54) is 12.1 Å². The average molecular weight is 401 g/mol. The summed E-state index contributed by atoms with van der Waals surface area (Å²) < 4.78 is 38.5. The molecule has 0 aromatic heterocycles. The quantitative estimate of drug-likeness (QED) is 0.765. The van der Waals surface area contributed by atoms with Crippen molar-refractivity contribution in [3.8, 4) is 6.07 Å². The fraction of sp³-hybridized carbons (Fsp3) is 0.364. The molecule has 0 spiro atoms. The molecule has 2 atom stereocenters. The molecule has 3 rings (SSSR count). The van der Waals surface area contributed by atoms with Crippen molar-refractivity contribution < 1.29 is 18.0 Å². The first kappa shape index (κ1) is 20.7. The highest BCUT2D eigenvalue weighted by Gasteiger charge is 2.35. The molecule has 7 heteroatoms. The van der Waals surface area contributed by atoms with Crippen molar-refractivity contribution in [2.75, 3.05) is 25.5 Å². The van der Waals surface area contributed by atoms with Gasteiger partial charge in [0.05, 0.1) is 17.2 Å². The Kier molecular flexibility index (Phi) is 5.83. The van der Waals surface area contributed by atoms with E-state index >= 15 is 0 Å². The molecule has 29 heavy (non-hydrogen) atoms. The third-order valence-corrected chi connectivity index (χ3v) is 5.35. The molecule has 2 aromatic carbocycles. The zero-order valence-corrected chi connectivity index (χ0v) is 16.3. The molecular weight excluding hydrogens is 379 g/mol. The van der Waals surface area contributed by atoms with Crippen LogP contribution in [-0.4, -0.2) is 37.5 Å². The summed E-state index contributed by atoms with van der Waals surface area (Å²) in [5.41, 5.74) is 1.51. The number of rotatable bonds is 3. The monoisotopic (exact) mass is 401 g/mol. The number of carbonyl (C=O) groups is 1. The van der Waals surface area contributed by atoms with Crippen molar-refractivity contribution in [2.45, 2.75) is 31.0 Å². The van der Waals surface area contributed by atoms with Crippen molar-refractivity contribution in [1.82, 2.24) is 4.90 Å². The number of alkyl halides is 3. The van der Waals surface area contributed by atoms with E-state index in [2.05, 4.69) is 6.07 Å². The third-order valence-electron chi connectivity index (χ3n) is 5.35. The Hall–Kier alpha value is -3.01. The summed E-state index contributed by atoms with van der Waals surface area (Å²) in [6.07, 6.45) is -3.05. The number of nitriles is 1. The van der Waals surface area contributed by atoms with E-state index in [1.54, 1.807) is 31.1 Å². The Balaban J connectivity index is 1.88. The maximum atomic E-state index is 12.8. The lowest BCUT2D eigenvalue weighted by Gasteiger charge is -2.41. The number of hydrogen-bond acceptors (Lipinski definition) is 3. The number of likely N-dealkylation sites (N-methyl/N-ethyl adjacent to an activating group) is 1. The van der Waals surface area contributed by atoms with Crippen molar-refractivity contribution >= 4 is 11.6 Å². The Morgan fingerprint density at radius 1 is 1.07 bits per heavy atom. The van der Waals surface area contributed by atoms with E-state index in [0.29, 0.717) is 24.9 Å². The van der Waals surface area contributed by atoms with E-state index < -0.39 is 11.7 Å². The molecule has 0 N–H and O–H groups in total. The number of halogens is 3. The van der Waals surface area contributed by atoms with Gasteiger partial charge in [-0.3, -0.25) is 4.79 Å². The number of piperidine rings is 1. The highest BCUT2D eigenvalue weighted by molar-refractivity contribution is 5.85. The van der Waals surface area contributed by atoms with Crippen LogP contribution in [-0.2, 0) is 11.0 Å². The van der Waals surface area contributed by atoms with Crippen LogP contribution >= 0.6 is 0 Å². The molecule has 1 heterocycles. The Labute approximate surface area is 168 Å². The van der Waals surface area contributed by atoms with Gasteiger partial charge in [0, 0.05) is 32.2 Å². The highest BCUT2D eigenvalue weighted by atomic mass is 19.4. The van der Waals surface area contributed by atoms with Gasteiger partial charge in [0.1, 0.15) is 6.04 Å². The van der Waals surface area contributed by atoms with Crippen LogP contribution in [0.1, 0.15) is 35.4 Å². The Morgan fingerprint density at radius 3 is 2.21 bits per heavy atom. The van der Waals surface area contributed by atoms with Gasteiger partial charge in [0.2, 0.25) is 5.91 Å². The minimum Gasteiger partial charge on any atom is -0.359 e. The fourth-order valence-electron chi connectivity index (χ4n) is 3.75. The summed E-state index contributed by atoms with van der Waals surface area (Å²) in [6.45, 7) is 0.515. The van der Waals surface area contributed by atoms with Crippen LogP contribution in [0.4, 0.5) is 18.9 Å². The van der Waals surface area contributed by atoms with E-state index in [0.717, 1.165) is 23.4 Å². The van der Waals surface area contributed by atoms with Gasteiger partial charge in [-0.2, -0.15) is 18.4 Å². The van der Waals surface area contributed by atoms with Crippen LogP contribution in [0.2, 0.25) is 0 Å². The summed E-state index contributed by atoms with van der Waals surface area (Å²) in [5.74, 6) is -0.000585. The topological polar surface area (TPSA) is 47.3 Å². The molecule has 1 fully saturated rings. The SMILES string of the molecule is CN(C)C(=O)C1CCC(c2ccc(C(F)(F)F)cc2)CN1c1ccc(C#N)cc1. The van der Waals surface area contributed by atoms with Crippen LogP contribution in [0.15, 0.2) is 48.5 Å². The summed E-state index contributed by atoms with van der Waals surface area (Å²) in [7, 11) is 3.42. The van der Waals surface area contributed by atoms with Gasteiger partial charge < -0.3 is 9.80 Å². The molecule has 4 nitrogen and oxygen atoms in total. The zero-order valence-electron chi connectivity index (χ0n) is 16.3. The average Bonchev–Trinajstić information content (AvgIpc) is 2.72. The van der Waals surface area contributed by atoms with Crippen LogP contribution in [0.25, 0.3) is 0 Å². The van der Waals surface area contributed by atoms with Gasteiger partial charge in [0.15, 0.2) is 0 Å². The van der Waals surface area contributed by atoms with Crippen molar-refractivity contribution in [3.05, 3.63) is 65.2 Å². The summed E-state index contributed by atoms with van der Waals surface area (Å²) in [5, 5.41) is 9.02. The molecule has 1 aliphatic heterocycles. The Morgan fingerprint density at radius 2 is 1.69 bits per heavy atom. The molecular formula is C22H22F3N3O. The largest absolute Gasteiger partial charge is 0.416 e. The standard InChI is InChI=1S/C22H22F3N3O/c1-27(2)21(29)20-12-7-17(16-5-8-18(9-6-16)22(23,24)25)14-28(20)19-10-3-15(13-26)4-11-19/h3-6,8-11,17,20H,7,12,14H2,1-2H3. The molecule has 0 aliphatic carbocycles. The van der Waals surface area contributed by atoms with E-state index in [-0.39, 0.29) is 17.9 Å². The molecule has 1 saturated heterocycles. The second-order valence-electron chi connectivity index (χ2n) is 7.45. The molecule has 2 aromatic rings. The van der Waals surface area contributed by atoms with Crippen molar-refractivity contribution in [2.24, 2.45) is 0 Å². The van der Waals surface area contributed by atoms with Crippen LogP contribution in [0.3, 0.4) is 0 Å². The minimum atomic E-state index is -4.36. The number of carbonyl (C=O) groups excluding carboxylic acids is 1. The first-order valence-electron chi connectivity index (χ1n) is 9.36. The third kappa shape index (κ3) is 4.53. The number of anilines is 1. The van der Waals surface area contributed by atoms with Gasteiger partial charge >= 0.3 is 6.18 Å². The zero-order chi connectivity index (χ0) is 21.2. The molecule has 1 amide bonds. The van der Waals surface area contributed by atoms with E-state index in [4.69, 9.17) is 5.26 Å². The maximum absolute atomic E-state index is 12.8. The van der Waals surface area contributed by atoms with Gasteiger partial charge in [-0.1, -0.05) is 12.1 Å². The van der Waals surface area contributed by atoms with E-state index in [9.17, 15) is 18.0 Å². The van der Waals surface area contributed by atoms with E-state index in [1.807, 2.05) is 17.0 Å². The Bertz CT molecular complexity index is 899. The van der Waals surface area contributed by atoms with Crippen LogP contribution in [0.5, 0.6) is 0 Å². The van der Waals surface area contributed by atoms with Gasteiger partial charge in [0.25, 0.3) is 0 Å². The molecule has 0 saturated carbocycles. The molecule has 2 unspecified atom stereocenters. The number of amides is 1. The molecule has 0 bridgehead atoms. The molecule has 152 valence electrons. The first-order chi connectivity index (χ1) is 13.7. The molecule has 1 aliphatic rings. The lowest BCUT2D eigenvalue weighted by molar-refractivity contribution is -0.137. The predicted molar refractivity (Wildman–Crippen MR) is 104 cm³/mol. The van der Waals surface area contributed by atoms with Gasteiger partial charge in [-0.05, 0) is 54.8 Å². The maximum Gasteiger partial charge on any atom is 0.416 e. The first-order valence-corrected chi connectivity index (χ1v) is 9.36. The van der Waals surface area contributed by atoms with Crippen LogP contribution < -0.4 is 4.90 Å². The lowest BCUT2D eigenvalue weighted by atomic mass is 9.86. The second-order valence-corrected chi connectivity index (χ2v) is 7.45. The number of benzene rings is 2. The summed E-state index contributed by atoms with van der Waals surface area (Å²) >= 11 is 0. The number of nitrogens with zero attached hydrogens (tertiary/aromatic N) is 3. The van der Waals surface area contributed by atoms with Gasteiger partial charge in [-0.15, -0.1) is 0 Å².